The predicted octanol–water partition coefficient (Wildman–Crippen LogP) is 2.30. The van der Waals surface area contributed by atoms with E-state index in [9.17, 15) is 18.3 Å². The highest BCUT2D eigenvalue weighted by molar-refractivity contribution is 7.89. The molecule has 3 aromatic rings. The molecule has 0 fully saturated rings. The molecule has 0 radical (unpaired) electrons. The van der Waals surface area contributed by atoms with Gasteiger partial charge in [0.05, 0.1) is 18.2 Å². The number of furan rings is 1. The zero-order chi connectivity index (χ0) is 20.1. The fourth-order valence-electron chi connectivity index (χ4n) is 2.77. The molecule has 0 aliphatic rings. The summed E-state index contributed by atoms with van der Waals surface area (Å²) in [4.78, 5) is 14.4. The third kappa shape index (κ3) is 4.86. The van der Waals surface area contributed by atoms with Gasteiger partial charge in [-0.3, -0.25) is 4.79 Å². The van der Waals surface area contributed by atoms with Crippen LogP contribution >= 0.6 is 0 Å². The number of carbonyl (C=O) groups excluding carboxylic acids is 1. The second-order valence-electron chi connectivity index (χ2n) is 6.30. The number of benzene rings is 2. The Morgan fingerprint density at radius 2 is 1.68 bits per heavy atom. The van der Waals surface area contributed by atoms with E-state index in [0.29, 0.717) is 5.56 Å². The number of sulfonamides is 1. The van der Waals surface area contributed by atoms with Crippen LogP contribution in [0.3, 0.4) is 0 Å². The van der Waals surface area contributed by atoms with E-state index in [1.165, 1.54) is 4.90 Å². The molecule has 0 saturated carbocycles. The maximum atomic E-state index is 13.0. The van der Waals surface area contributed by atoms with Crippen LogP contribution in [0.4, 0.5) is 0 Å². The van der Waals surface area contributed by atoms with Gasteiger partial charge in [0.1, 0.15) is 6.26 Å². The third-order valence-corrected chi connectivity index (χ3v) is 4.96. The molecule has 0 spiro atoms. The number of amides is 1. The Bertz CT molecular complexity index is 1030. The van der Waals surface area contributed by atoms with Crippen LogP contribution in [0.1, 0.15) is 27.6 Å². The first-order chi connectivity index (χ1) is 13.3. The van der Waals surface area contributed by atoms with Gasteiger partial charge in [0, 0.05) is 12.6 Å². The monoisotopic (exact) mass is 400 g/mol. The van der Waals surface area contributed by atoms with Gasteiger partial charge in [0.2, 0.25) is 5.09 Å². The van der Waals surface area contributed by atoms with Gasteiger partial charge in [-0.1, -0.05) is 60.7 Å². The van der Waals surface area contributed by atoms with Crippen molar-refractivity contribution in [3.63, 3.8) is 0 Å². The normalized spacial score (nSPS) is 12.5. The van der Waals surface area contributed by atoms with Gasteiger partial charge in [0.15, 0.2) is 0 Å². The summed E-state index contributed by atoms with van der Waals surface area (Å²) in [5, 5.41) is 15.1. The van der Waals surface area contributed by atoms with Crippen LogP contribution in [0, 0.1) is 0 Å². The largest absolute Gasteiger partial charge is 0.451 e. The van der Waals surface area contributed by atoms with E-state index in [1.54, 1.807) is 24.3 Å². The van der Waals surface area contributed by atoms with E-state index in [1.807, 2.05) is 36.4 Å². The zero-order valence-electron chi connectivity index (χ0n) is 14.9. The topological polar surface area (TPSA) is 114 Å². The quantitative estimate of drug-likeness (QED) is 0.632. The van der Waals surface area contributed by atoms with E-state index in [4.69, 9.17) is 9.56 Å². The summed E-state index contributed by atoms with van der Waals surface area (Å²) in [6, 6.07) is 19.4. The lowest BCUT2D eigenvalue weighted by Gasteiger charge is -2.25. The maximum absolute atomic E-state index is 13.0. The lowest BCUT2D eigenvalue weighted by molar-refractivity contribution is 0.0603. The van der Waals surface area contributed by atoms with E-state index >= 15 is 0 Å². The molecule has 1 heterocycles. The van der Waals surface area contributed by atoms with Gasteiger partial charge in [-0.25, -0.2) is 13.6 Å². The van der Waals surface area contributed by atoms with Crippen molar-refractivity contribution in [3.05, 3.63) is 89.7 Å². The molecular weight excluding hydrogens is 380 g/mol. The highest BCUT2D eigenvalue weighted by Gasteiger charge is 2.24. The number of nitrogens with zero attached hydrogens (tertiary/aromatic N) is 1. The van der Waals surface area contributed by atoms with Crippen LogP contribution in [0.5, 0.6) is 0 Å². The van der Waals surface area contributed by atoms with E-state index in [-0.39, 0.29) is 18.7 Å². The van der Waals surface area contributed by atoms with Crippen molar-refractivity contribution in [2.45, 2.75) is 17.7 Å². The number of aliphatic hydroxyl groups is 1. The second-order valence-corrected chi connectivity index (χ2v) is 7.79. The highest BCUT2D eigenvalue weighted by Crippen LogP contribution is 2.20. The molecule has 8 heteroatoms. The summed E-state index contributed by atoms with van der Waals surface area (Å²) in [6.45, 7) is 0.257. The van der Waals surface area contributed by atoms with Crippen LogP contribution in [0.15, 0.2) is 82.5 Å². The summed E-state index contributed by atoms with van der Waals surface area (Å²) >= 11 is 0. The van der Waals surface area contributed by atoms with Gasteiger partial charge < -0.3 is 14.4 Å². The van der Waals surface area contributed by atoms with E-state index in [0.717, 1.165) is 17.9 Å². The smallest absolute Gasteiger partial charge is 0.271 e. The van der Waals surface area contributed by atoms with Crippen molar-refractivity contribution in [3.8, 4) is 0 Å². The molecule has 0 saturated heterocycles. The summed E-state index contributed by atoms with van der Waals surface area (Å²) in [6.07, 6.45) is 0.146. The van der Waals surface area contributed by atoms with Gasteiger partial charge in [-0.15, -0.1) is 0 Å². The Kier molecular flexibility index (Phi) is 5.93. The van der Waals surface area contributed by atoms with Crippen molar-refractivity contribution in [2.75, 3.05) is 6.54 Å². The molecule has 3 N–H and O–H groups in total. The Hall–Kier alpha value is -2.94. The summed E-state index contributed by atoms with van der Waals surface area (Å²) < 4.78 is 27.7. The molecule has 7 nitrogen and oxygen atoms in total. The molecule has 0 aliphatic heterocycles. The average molecular weight is 400 g/mol. The first-order valence-corrected chi connectivity index (χ1v) is 10.1. The SMILES string of the molecule is NS(=O)(=O)c1cc(C(=O)N(Cc2ccccc2)CC(O)c2ccccc2)co1. The average Bonchev–Trinajstić information content (AvgIpc) is 3.19. The Morgan fingerprint density at radius 3 is 2.25 bits per heavy atom. The molecule has 1 unspecified atom stereocenters. The van der Waals surface area contributed by atoms with Crippen molar-refractivity contribution in [1.29, 1.82) is 0 Å². The molecule has 2 aromatic carbocycles. The number of hydrogen-bond donors (Lipinski definition) is 2. The van der Waals surface area contributed by atoms with Crippen LogP contribution in [0.25, 0.3) is 0 Å². The van der Waals surface area contributed by atoms with Gasteiger partial charge in [-0.2, -0.15) is 0 Å². The molecule has 3 rings (SSSR count). The fraction of sp³-hybridized carbons (Fsp3) is 0.150. The summed E-state index contributed by atoms with van der Waals surface area (Å²) in [5.74, 6) is -0.475. The molecule has 1 amide bonds. The summed E-state index contributed by atoms with van der Waals surface area (Å²) in [7, 11) is -4.05. The van der Waals surface area contributed by atoms with Gasteiger partial charge >= 0.3 is 0 Å². The number of primary sulfonamides is 1. The van der Waals surface area contributed by atoms with Crippen LogP contribution in [0.2, 0.25) is 0 Å². The van der Waals surface area contributed by atoms with Gasteiger partial charge in [-0.05, 0) is 11.1 Å². The predicted molar refractivity (Wildman–Crippen MR) is 103 cm³/mol. The second kappa shape index (κ2) is 8.39. The van der Waals surface area contributed by atoms with Crippen molar-refractivity contribution < 1.29 is 22.7 Å². The zero-order valence-corrected chi connectivity index (χ0v) is 15.7. The van der Waals surface area contributed by atoms with Crippen LogP contribution in [-0.4, -0.2) is 30.9 Å². The lowest BCUT2D eigenvalue weighted by Crippen LogP contribution is -2.34. The Morgan fingerprint density at radius 1 is 1.07 bits per heavy atom. The minimum absolute atomic E-state index is 0.0215. The molecular formula is C20H20N2O5S. The number of rotatable bonds is 7. The number of hydrogen-bond acceptors (Lipinski definition) is 5. The Labute approximate surface area is 163 Å². The standard InChI is InChI=1S/C20H20N2O5S/c21-28(25,26)19-11-17(14-27-19)20(24)22(12-15-7-3-1-4-8-15)13-18(23)16-9-5-2-6-10-16/h1-11,14,18,23H,12-13H2,(H2,21,25,26). The van der Waals surface area contributed by atoms with E-state index < -0.39 is 27.1 Å². The van der Waals surface area contributed by atoms with E-state index in [2.05, 4.69) is 0 Å². The molecule has 1 aromatic heterocycles. The van der Waals surface area contributed by atoms with Crippen molar-refractivity contribution in [2.24, 2.45) is 5.14 Å². The minimum atomic E-state index is -4.05. The minimum Gasteiger partial charge on any atom is -0.451 e. The highest BCUT2D eigenvalue weighted by atomic mass is 32.2. The number of nitrogens with two attached hydrogens (primary N) is 1. The fourth-order valence-corrected chi connectivity index (χ4v) is 3.25. The van der Waals surface area contributed by atoms with Crippen LogP contribution < -0.4 is 5.14 Å². The first-order valence-electron chi connectivity index (χ1n) is 8.52. The summed E-state index contributed by atoms with van der Waals surface area (Å²) in [5.41, 5.74) is 1.58. The van der Waals surface area contributed by atoms with Gasteiger partial charge in [0.25, 0.3) is 15.9 Å². The number of carbonyl (C=O) groups is 1. The number of aliphatic hydroxyl groups excluding tert-OH is 1. The maximum Gasteiger partial charge on any atom is 0.271 e. The molecule has 1 atom stereocenters. The van der Waals surface area contributed by atoms with Crippen LogP contribution in [-0.2, 0) is 16.6 Å². The van der Waals surface area contributed by atoms with Crippen molar-refractivity contribution >= 4 is 15.9 Å². The Balaban J connectivity index is 1.86. The first kappa shape index (κ1) is 19.8. The molecule has 0 bridgehead atoms. The molecule has 146 valence electrons. The lowest BCUT2D eigenvalue weighted by atomic mass is 10.1. The molecule has 0 aliphatic carbocycles. The third-order valence-electron chi connectivity index (χ3n) is 4.18. The molecule has 28 heavy (non-hydrogen) atoms. The van der Waals surface area contributed by atoms with Crippen molar-refractivity contribution in [1.82, 2.24) is 4.90 Å².